The summed E-state index contributed by atoms with van der Waals surface area (Å²) < 4.78 is 2.69. The standard InChI is InChI=1S/C18H13I2P/c19-16-12-7-13-17(18(16)20)21(14-8-3-1-4-9-14)15-10-5-2-6-11-15/h1-13H. The molecule has 0 nitrogen and oxygen atoms in total. The molecule has 21 heavy (non-hydrogen) atoms. The van der Waals surface area contributed by atoms with Gasteiger partial charge in [0.1, 0.15) is 0 Å². The first-order valence-electron chi connectivity index (χ1n) is 6.61. The zero-order valence-electron chi connectivity index (χ0n) is 11.2. The van der Waals surface area contributed by atoms with Crippen molar-refractivity contribution in [1.82, 2.24) is 0 Å². The fourth-order valence-corrected chi connectivity index (χ4v) is 6.39. The van der Waals surface area contributed by atoms with Crippen LogP contribution in [-0.2, 0) is 0 Å². The molecule has 3 heteroatoms. The summed E-state index contributed by atoms with van der Waals surface area (Å²) in [7, 11) is -0.495. The van der Waals surface area contributed by atoms with E-state index in [1.54, 1.807) is 0 Å². The van der Waals surface area contributed by atoms with Crippen molar-refractivity contribution in [3.8, 4) is 0 Å². The molecule has 0 aliphatic rings. The Morgan fingerprint density at radius 2 is 1.10 bits per heavy atom. The fraction of sp³-hybridized carbons (Fsp3) is 0. The summed E-state index contributed by atoms with van der Waals surface area (Å²) >= 11 is 4.91. The summed E-state index contributed by atoms with van der Waals surface area (Å²) in [6, 6.07) is 28.3. The average Bonchev–Trinajstić information content (AvgIpc) is 2.54. The molecule has 0 N–H and O–H groups in total. The van der Waals surface area contributed by atoms with E-state index in [2.05, 4.69) is 124 Å². The Labute approximate surface area is 154 Å². The molecule has 0 spiro atoms. The average molecular weight is 514 g/mol. The molecule has 0 aromatic heterocycles. The number of hydrogen-bond donors (Lipinski definition) is 0. The third-order valence-electron chi connectivity index (χ3n) is 3.20. The second kappa shape index (κ2) is 7.21. The van der Waals surface area contributed by atoms with Crippen LogP contribution in [0.5, 0.6) is 0 Å². The molecular weight excluding hydrogens is 501 g/mol. The summed E-state index contributed by atoms with van der Waals surface area (Å²) in [6.45, 7) is 0. The molecule has 0 unspecified atom stereocenters. The van der Waals surface area contributed by atoms with E-state index in [0.717, 1.165) is 0 Å². The van der Waals surface area contributed by atoms with Gasteiger partial charge in [-0.05, 0) is 75.1 Å². The third kappa shape index (κ3) is 3.49. The number of rotatable bonds is 3. The van der Waals surface area contributed by atoms with E-state index in [9.17, 15) is 0 Å². The van der Waals surface area contributed by atoms with Crippen LogP contribution in [-0.4, -0.2) is 0 Å². The molecule has 0 fully saturated rings. The summed E-state index contributed by atoms with van der Waals surface area (Å²) in [5.74, 6) is 0. The first-order chi connectivity index (χ1) is 10.3. The van der Waals surface area contributed by atoms with Crippen molar-refractivity contribution in [2.75, 3.05) is 0 Å². The second-order valence-corrected chi connectivity index (χ2v) is 9.01. The molecule has 0 atom stereocenters. The Kier molecular flexibility index (Phi) is 5.30. The maximum absolute atomic E-state index is 2.48. The van der Waals surface area contributed by atoms with Crippen LogP contribution in [0.4, 0.5) is 0 Å². The molecule has 0 amide bonds. The molecule has 104 valence electrons. The highest BCUT2D eigenvalue weighted by molar-refractivity contribution is 14.1. The van der Waals surface area contributed by atoms with Gasteiger partial charge in [0.05, 0.1) is 0 Å². The smallest absolute Gasteiger partial charge is 0.0347 e. The topological polar surface area (TPSA) is 0 Å². The van der Waals surface area contributed by atoms with Crippen LogP contribution in [0, 0.1) is 7.14 Å². The quantitative estimate of drug-likeness (QED) is 0.353. The van der Waals surface area contributed by atoms with Crippen molar-refractivity contribution in [1.29, 1.82) is 0 Å². The Morgan fingerprint density at radius 1 is 0.571 bits per heavy atom. The van der Waals surface area contributed by atoms with Crippen molar-refractivity contribution >= 4 is 69.0 Å². The van der Waals surface area contributed by atoms with Crippen molar-refractivity contribution in [3.05, 3.63) is 86.0 Å². The molecule has 0 aliphatic heterocycles. The lowest BCUT2D eigenvalue weighted by Gasteiger charge is -2.21. The molecular formula is C18H13I2P. The predicted octanol–water partition coefficient (Wildman–Crippen LogP) is 4.65. The van der Waals surface area contributed by atoms with E-state index >= 15 is 0 Å². The lowest BCUT2D eigenvalue weighted by Crippen LogP contribution is -2.23. The third-order valence-corrected chi connectivity index (χ3v) is 9.20. The van der Waals surface area contributed by atoms with Crippen molar-refractivity contribution in [2.24, 2.45) is 0 Å². The highest BCUT2D eigenvalue weighted by Gasteiger charge is 2.19. The monoisotopic (exact) mass is 514 g/mol. The van der Waals surface area contributed by atoms with Crippen LogP contribution in [0.15, 0.2) is 78.9 Å². The van der Waals surface area contributed by atoms with Crippen molar-refractivity contribution in [3.63, 3.8) is 0 Å². The van der Waals surface area contributed by atoms with Crippen LogP contribution < -0.4 is 15.9 Å². The maximum atomic E-state index is 2.48. The largest absolute Gasteiger partial charge is 0.0622 e. The van der Waals surface area contributed by atoms with Gasteiger partial charge in [0, 0.05) is 7.14 Å². The van der Waals surface area contributed by atoms with Gasteiger partial charge < -0.3 is 0 Å². The highest BCUT2D eigenvalue weighted by atomic mass is 127. The molecule has 0 radical (unpaired) electrons. The molecule has 0 aliphatic carbocycles. The Morgan fingerprint density at radius 3 is 1.62 bits per heavy atom. The fourth-order valence-electron chi connectivity index (χ4n) is 2.25. The Bertz CT molecular complexity index is 687. The predicted molar refractivity (Wildman–Crippen MR) is 111 cm³/mol. The lowest BCUT2D eigenvalue weighted by molar-refractivity contribution is 1.63. The summed E-state index contributed by atoms with van der Waals surface area (Å²) in [4.78, 5) is 0. The SMILES string of the molecule is Ic1cccc(P(c2ccccc2)c2ccccc2)c1I. The van der Waals surface area contributed by atoms with Gasteiger partial charge in [0.2, 0.25) is 0 Å². The Hall–Kier alpha value is -0.450. The molecule has 3 aromatic rings. The first-order valence-corrected chi connectivity index (χ1v) is 10.1. The summed E-state index contributed by atoms with van der Waals surface area (Å²) in [6.07, 6.45) is 0. The maximum Gasteiger partial charge on any atom is 0.0347 e. The van der Waals surface area contributed by atoms with E-state index in [1.807, 2.05) is 0 Å². The van der Waals surface area contributed by atoms with E-state index in [-0.39, 0.29) is 0 Å². The van der Waals surface area contributed by atoms with E-state index in [4.69, 9.17) is 0 Å². The Balaban J connectivity index is 2.20. The van der Waals surface area contributed by atoms with E-state index in [1.165, 1.54) is 23.1 Å². The highest BCUT2D eigenvalue weighted by Crippen LogP contribution is 2.35. The van der Waals surface area contributed by atoms with Gasteiger partial charge in [-0.3, -0.25) is 0 Å². The molecule has 3 rings (SSSR count). The molecule has 0 heterocycles. The molecule has 0 saturated heterocycles. The van der Waals surface area contributed by atoms with Crippen LogP contribution in [0.1, 0.15) is 0 Å². The zero-order valence-corrected chi connectivity index (χ0v) is 16.4. The summed E-state index contributed by atoms with van der Waals surface area (Å²) in [5, 5.41) is 4.24. The molecule has 0 saturated carbocycles. The van der Waals surface area contributed by atoms with Crippen LogP contribution >= 0.6 is 53.1 Å². The van der Waals surface area contributed by atoms with Crippen LogP contribution in [0.3, 0.4) is 0 Å². The zero-order chi connectivity index (χ0) is 14.7. The van der Waals surface area contributed by atoms with E-state index in [0.29, 0.717) is 0 Å². The molecule has 3 aromatic carbocycles. The number of benzene rings is 3. The normalized spacial score (nSPS) is 10.8. The van der Waals surface area contributed by atoms with Crippen LogP contribution in [0.2, 0.25) is 0 Å². The van der Waals surface area contributed by atoms with Crippen molar-refractivity contribution in [2.45, 2.75) is 0 Å². The van der Waals surface area contributed by atoms with Gasteiger partial charge in [0.25, 0.3) is 0 Å². The van der Waals surface area contributed by atoms with Gasteiger partial charge in [-0.2, -0.15) is 0 Å². The van der Waals surface area contributed by atoms with Gasteiger partial charge in [0.15, 0.2) is 0 Å². The van der Waals surface area contributed by atoms with Crippen molar-refractivity contribution < 1.29 is 0 Å². The first kappa shape index (κ1) is 15.4. The van der Waals surface area contributed by atoms with Gasteiger partial charge in [-0.1, -0.05) is 72.8 Å². The van der Waals surface area contributed by atoms with Gasteiger partial charge in [-0.15, -0.1) is 0 Å². The van der Waals surface area contributed by atoms with E-state index < -0.39 is 7.92 Å². The number of hydrogen-bond acceptors (Lipinski definition) is 0. The van der Waals surface area contributed by atoms with Gasteiger partial charge in [-0.25, -0.2) is 0 Å². The minimum absolute atomic E-state index is 0.495. The summed E-state index contributed by atoms with van der Waals surface area (Å²) in [5.41, 5.74) is 0. The van der Waals surface area contributed by atoms with Crippen LogP contribution in [0.25, 0.3) is 0 Å². The minimum atomic E-state index is -0.495. The second-order valence-electron chi connectivity index (χ2n) is 4.58. The minimum Gasteiger partial charge on any atom is -0.0622 e. The van der Waals surface area contributed by atoms with Gasteiger partial charge >= 0.3 is 0 Å². The molecule has 0 bridgehead atoms. The number of halogens is 2. The lowest BCUT2D eigenvalue weighted by atomic mass is 10.4.